The van der Waals surface area contributed by atoms with Crippen molar-refractivity contribution in [2.24, 2.45) is 11.3 Å². The lowest BCUT2D eigenvalue weighted by Crippen LogP contribution is -2.50. The Morgan fingerprint density at radius 1 is 1.26 bits per heavy atom. The maximum absolute atomic E-state index is 13.1. The summed E-state index contributed by atoms with van der Waals surface area (Å²) in [6.45, 7) is 2.51. The fourth-order valence-corrected chi connectivity index (χ4v) is 5.23. The quantitative estimate of drug-likeness (QED) is 0.359. The second kappa shape index (κ2) is 12.2. The van der Waals surface area contributed by atoms with Crippen molar-refractivity contribution in [2.45, 2.75) is 57.8 Å². The van der Waals surface area contributed by atoms with Gasteiger partial charge in [-0.1, -0.05) is 55.8 Å². The summed E-state index contributed by atoms with van der Waals surface area (Å²) in [5.74, 6) is -1.81. The fourth-order valence-electron chi connectivity index (χ4n) is 5.03. The molecule has 1 aromatic carbocycles. The zero-order valence-electron chi connectivity index (χ0n) is 19.6. The minimum atomic E-state index is -1.21. The molecule has 2 atom stereocenters. The van der Waals surface area contributed by atoms with Crippen LogP contribution in [-0.4, -0.2) is 43.4 Å². The summed E-state index contributed by atoms with van der Waals surface area (Å²) in [6, 6.07) is 8.84. The van der Waals surface area contributed by atoms with Gasteiger partial charge >= 0.3 is 11.9 Å². The van der Waals surface area contributed by atoms with E-state index in [0.29, 0.717) is 28.8 Å². The SMILES string of the molecule is CC1(C(=O)OCCC#N)CNC(COCCC2CCCCC2)=C(C(=O)O)C1c1cccc(Cl)c1. The maximum atomic E-state index is 13.1. The summed E-state index contributed by atoms with van der Waals surface area (Å²) in [7, 11) is 0. The molecule has 1 fully saturated rings. The second-order valence-corrected chi connectivity index (χ2v) is 9.78. The van der Waals surface area contributed by atoms with E-state index in [1.165, 1.54) is 32.1 Å². The molecule has 1 aliphatic heterocycles. The van der Waals surface area contributed by atoms with Crippen LogP contribution in [0.4, 0.5) is 0 Å². The number of hydrogen-bond acceptors (Lipinski definition) is 6. The molecule has 1 heterocycles. The summed E-state index contributed by atoms with van der Waals surface area (Å²) >= 11 is 6.22. The molecule has 7 nitrogen and oxygen atoms in total. The van der Waals surface area contributed by atoms with Crippen molar-refractivity contribution in [3.05, 3.63) is 46.1 Å². The van der Waals surface area contributed by atoms with Crippen LogP contribution in [0.25, 0.3) is 0 Å². The molecule has 0 saturated heterocycles. The highest BCUT2D eigenvalue weighted by atomic mass is 35.5. The molecule has 1 aromatic rings. The van der Waals surface area contributed by atoms with Crippen LogP contribution in [0.15, 0.2) is 35.5 Å². The monoisotopic (exact) mass is 488 g/mol. The first-order valence-electron chi connectivity index (χ1n) is 11.9. The van der Waals surface area contributed by atoms with Gasteiger partial charge in [0.05, 0.1) is 30.1 Å². The van der Waals surface area contributed by atoms with E-state index in [1.807, 2.05) is 6.07 Å². The topological polar surface area (TPSA) is 109 Å². The van der Waals surface area contributed by atoms with Gasteiger partial charge in [0.25, 0.3) is 0 Å². The van der Waals surface area contributed by atoms with E-state index < -0.39 is 23.3 Å². The zero-order chi connectivity index (χ0) is 24.6. The predicted octanol–water partition coefficient (Wildman–Crippen LogP) is 4.82. The van der Waals surface area contributed by atoms with Crippen molar-refractivity contribution < 1.29 is 24.2 Å². The van der Waals surface area contributed by atoms with Crippen molar-refractivity contribution in [1.29, 1.82) is 5.26 Å². The average Bonchev–Trinajstić information content (AvgIpc) is 2.83. The molecule has 8 heteroatoms. The number of benzene rings is 1. The number of rotatable bonds is 10. The first-order valence-corrected chi connectivity index (χ1v) is 12.3. The number of esters is 1. The van der Waals surface area contributed by atoms with Crippen molar-refractivity contribution in [1.82, 2.24) is 5.32 Å². The second-order valence-electron chi connectivity index (χ2n) is 9.35. The largest absolute Gasteiger partial charge is 0.478 e. The van der Waals surface area contributed by atoms with Gasteiger partial charge in [-0.05, 0) is 37.0 Å². The van der Waals surface area contributed by atoms with Crippen LogP contribution >= 0.6 is 11.6 Å². The molecule has 1 aliphatic carbocycles. The van der Waals surface area contributed by atoms with E-state index in [2.05, 4.69) is 5.32 Å². The lowest BCUT2D eigenvalue weighted by atomic mass is 9.67. The normalized spacial score (nSPS) is 23.1. The molecule has 0 radical (unpaired) electrons. The zero-order valence-corrected chi connectivity index (χ0v) is 20.4. The van der Waals surface area contributed by atoms with Crippen molar-refractivity contribution in [3.63, 3.8) is 0 Å². The number of nitriles is 1. The molecule has 34 heavy (non-hydrogen) atoms. The number of nitrogens with zero attached hydrogens (tertiary/aromatic N) is 1. The summed E-state index contributed by atoms with van der Waals surface area (Å²) in [5, 5.41) is 22.6. The van der Waals surface area contributed by atoms with Gasteiger partial charge in [-0.2, -0.15) is 5.26 Å². The molecule has 2 aliphatic rings. The number of carbonyl (C=O) groups is 2. The molecule has 0 aromatic heterocycles. The summed E-state index contributed by atoms with van der Waals surface area (Å²) in [6.07, 6.45) is 7.34. The Bertz CT molecular complexity index is 951. The average molecular weight is 489 g/mol. The molecule has 2 N–H and O–H groups in total. The van der Waals surface area contributed by atoms with Crippen molar-refractivity contribution in [3.8, 4) is 6.07 Å². The minimum absolute atomic E-state index is 0.0452. The van der Waals surface area contributed by atoms with Gasteiger partial charge in [0.2, 0.25) is 0 Å². The Labute approximate surface area is 206 Å². The Balaban J connectivity index is 1.85. The number of carboxylic acid groups (broad SMARTS) is 1. The Hall–Kier alpha value is -2.56. The van der Waals surface area contributed by atoms with E-state index in [0.717, 1.165) is 6.42 Å². The molecular formula is C26H33ClN2O5. The number of halogens is 1. The van der Waals surface area contributed by atoms with E-state index >= 15 is 0 Å². The van der Waals surface area contributed by atoms with Gasteiger partial charge in [0.1, 0.15) is 6.61 Å². The third-order valence-electron chi connectivity index (χ3n) is 6.89. The highest BCUT2D eigenvalue weighted by Crippen LogP contribution is 2.46. The molecule has 1 saturated carbocycles. The minimum Gasteiger partial charge on any atom is -0.478 e. The summed E-state index contributed by atoms with van der Waals surface area (Å²) < 4.78 is 11.3. The van der Waals surface area contributed by atoms with Crippen LogP contribution < -0.4 is 5.32 Å². The number of hydrogen-bond donors (Lipinski definition) is 2. The standard InChI is InChI=1S/C26H33ClN2O5/c1-26(25(32)34-13-6-12-28)17-29-21(16-33-14-11-18-7-3-2-4-8-18)22(24(30)31)23(26)19-9-5-10-20(27)15-19/h5,9-10,15,18,23,29H,2-4,6-8,11,13-14,16-17H2,1H3,(H,30,31). The molecule has 3 rings (SSSR count). The van der Waals surface area contributed by atoms with Gasteiger partial charge < -0.3 is 19.9 Å². The van der Waals surface area contributed by atoms with Gasteiger partial charge in [0, 0.05) is 29.8 Å². The number of nitrogens with one attached hydrogen (secondary N) is 1. The Morgan fingerprint density at radius 2 is 2.03 bits per heavy atom. The molecule has 184 valence electrons. The first-order chi connectivity index (χ1) is 16.4. The van der Waals surface area contributed by atoms with Crippen LogP contribution in [-0.2, 0) is 19.1 Å². The van der Waals surface area contributed by atoms with Gasteiger partial charge in [0.15, 0.2) is 0 Å². The Kier molecular flexibility index (Phi) is 9.37. The number of ether oxygens (including phenoxy) is 2. The smallest absolute Gasteiger partial charge is 0.334 e. The maximum Gasteiger partial charge on any atom is 0.334 e. The van der Waals surface area contributed by atoms with E-state index in [-0.39, 0.29) is 31.8 Å². The third-order valence-corrected chi connectivity index (χ3v) is 7.12. The van der Waals surface area contributed by atoms with E-state index in [4.69, 9.17) is 26.3 Å². The number of carboxylic acids is 1. The number of carbonyl (C=O) groups excluding carboxylic acids is 1. The van der Waals surface area contributed by atoms with Gasteiger partial charge in [-0.3, -0.25) is 4.79 Å². The van der Waals surface area contributed by atoms with Gasteiger partial charge in [-0.25, -0.2) is 4.79 Å². The molecule has 0 spiro atoms. The van der Waals surface area contributed by atoms with Crippen molar-refractivity contribution in [2.75, 3.05) is 26.4 Å². The summed E-state index contributed by atoms with van der Waals surface area (Å²) in [4.78, 5) is 25.6. The highest BCUT2D eigenvalue weighted by molar-refractivity contribution is 6.30. The van der Waals surface area contributed by atoms with E-state index in [9.17, 15) is 14.7 Å². The van der Waals surface area contributed by atoms with Crippen molar-refractivity contribution >= 4 is 23.5 Å². The lowest BCUT2D eigenvalue weighted by molar-refractivity contribution is -0.156. The van der Waals surface area contributed by atoms with Crippen LogP contribution in [0.1, 0.15) is 63.4 Å². The van der Waals surface area contributed by atoms with Crippen LogP contribution in [0, 0.1) is 22.7 Å². The Morgan fingerprint density at radius 3 is 2.71 bits per heavy atom. The molecule has 2 unspecified atom stereocenters. The third kappa shape index (κ3) is 6.31. The van der Waals surface area contributed by atoms with Crippen LogP contribution in [0.2, 0.25) is 5.02 Å². The number of aliphatic carboxylic acids is 1. The van der Waals surface area contributed by atoms with E-state index in [1.54, 1.807) is 31.2 Å². The fraction of sp³-hybridized carbons (Fsp3) is 0.577. The highest BCUT2D eigenvalue weighted by Gasteiger charge is 2.50. The predicted molar refractivity (Wildman–Crippen MR) is 128 cm³/mol. The molecular weight excluding hydrogens is 456 g/mol. The van der Waals surface area contributed by atoms with Gasteiger partial charge in [-0.15, -0.1) is 0 Å². The summed E-state index contributed by atoms with van der Waals surface area (Å²) in [5.41, 5.74) is -0.0559. The lowest BCUT2D eigenvalue weighted by Gasteiger charge is -2.41. The molecule has 0 amide bonds. The van der Waals surface area contributed by atoms with Crippen LogP contribution in [0.3, 0.4) is 0 Å². The van der Waals surface area contributed by atoms with Crippen LogP contribution in [0.5, 0.6) is 0 Å². The first kappa shape index (κ1) is 26.1. The molecule has 0 bridgehead atoms.